The van der Waals surface area contributed by atoms with E-state index in [9.17, 15) is 4.79 Å². The third kappa shape index (κ3) is 4.71. The second-order valence-electron chi connectivity index (χ2n) is 4.09. The lowest BCUT2D eigenvalue weighted by Gasteiger charge is -2.10. The van der Waals surface area contributed by atoms with Crippen molar-refractivity contribution in [2.75, 3.05) is 11.9 Å². The molecule has 6 heteroatoms. The van der Waals surface area contributed by atoms with Gasteiger partial charge in [-0.2, -0.15) is 0 Å². The lowest BCUT2D eigenvalue weighted by Crippen LogP contribution is -2.28. The van der Waals surface area contributed by atoms with Gasteiger partial charge >= 0.3 is 0 Å². The van der Waals surface area contributed by atoms with E-state index in [4.69, 9.17) is 0 Å². The zero-order valence-corrected chi connectivity index (χ0v) is 12.6. The van der Waals surface area contributed by atoms with Gasteiger partial charge in [-0.15, -0.1) is 5.10 Å². The van der Waals surface area contributed by atoms with E-state index in [1.165, 1.54) is 11.5 Å². The Labute approximate surface area is 114 Å². The fourth-order valence-corrected chi connectivity index (χ4v) is 2.82. The average molecular weight is 320 g/mol. The first-order valence-corrected chi connectivity index (χ1v) is 7.73. The van der Waals surface area contributed by atoms with Crippen LogP contribution in [0.2, 0.25) is 0 Å². The number of aryl methyl sites for hydroxylation is 1. The maximum absolute atomic E-state index is 11.9. The van der Waals surface area contributed by atoms with E-state index in [1.807, 2.05) is 0 Å². The molecule has 1 rings (SSSR count). The fraction of sp³-hybridized carbons (Fsp3) is 0.727. The molecule has 0 aliphatic rings. The fourth-order valence-electron chi connectivity index (χ4n) is 1.42. The van der Waals surface area contributed by atoms with Crippen LogP contribution in [0.25, 0.3) is 0 Å². The third-order valence-corrected chi connectivity index (χ3v) is 3.69. The Morgan fingerprint density at radius 3 is 3.00 bits per heavy atom. The summed E-state index contributed by atoms with van der Waals surface area (Å²) in [4.78, 5) is 12.6. The van der Waals surface area contributed by atoms with E-state index >= 15 is 0 Å². The van der Waals surface area contributed by atoms with Crippen LogP contribution in [0.3, 0.4) is 0 Å². The summed E-state index contributed by atoms with van der Waals surface area (Å²) in [6.07, 6.45) is 2.85. The van der Waals surface area contributed by atoms with Crippen molar-refractivity contribution in [3.05, 3.63) is 10.6 Å². The van der Waals surface area contributed by atoms with E-state index in [-0.39, 0.29) is 5.91 Å². The molecule has 0 aromatic carbocycles. The Morgan fingerprint density at radius 1 is 1.59 bits per heavy atom. The Bertz CT molecular complexity index is 356. The number of alkyl halides is 1. The van der Waals surface area contributed by atoms with Gasteiger partial charge in [-0.3, -0.25) is 4.79 Å². The number of amides is 1. The van der Waals surface area contributed by atoms with Gasteiger partial charge in [0.15, 0.2) is 0 Å². The topological polar surface area (TPSA) is 54.9 Å². The smallest absolute Gasteiger partial charge is 0.264 e. The van der Waals surface area contributed by atoms with Gasteiger partial charge in [-0.1, -0.05) is 40.7 Å². The quantitative estimate of drug-likeness (QED) is 0.786. The molecule has 0 bridgehead atoms. The molecular formula is C11H18BrN3OS. The second-order valence-corrected chi connectivity index (χ2v) is 5.64. The monoisotopic (exact) mass is 319 g/mol. The molecule has 1 heterocycles. The highest BCUT2D eigenvalue weighted by Crippen LogP contribution is 2.12. The highest BCUT2D eigenvalue weighted by molar-refractivity contribution is 9.09. The van der Waals surface area contributed by atoms with Crippen molar-refractivity contribution in [1.29, 1.82) is 0 Å². The molecule has 17 heavy (non-hydrogen) atoms. The van der Waals surface area contributed by atoms with Crippen LogP contribution in [0, 0.1) is 5.92 Å². The molecule has 1 aromatic rings. The molecule has 96 valence electrons. The molecule has 1 N–H and O–H groups in total. The third-order valence-electron chi connectivity index (χ3n) is 2.46. The standard InChI is InChI=1S/C11H18BrN3OS/c1-3-4-9-10(17-15-14-9)11(16)13-7-8(2)5-6-12/h8H,3-7H2,1-2H3,(H,13,16). The normalized spacial score (nSPS) is 12.4. The first kappa shape index (κ1) is 14.6. The predicted molar refractivity (Wildman–Crippen MR) is 73.8 cm³/mol. The lowest BCUT2D eigenvalue weighted by molar-refractivity contribution is 0.0951. The minimum Gasteiger partial charge on any atom is -0.351 e. The Morgan fingerprint density at radius 2 is 2.35 bits per heavy atom. The molecule has 0 aliphatic carbocycles. The van der Waals surface area contributed by atoms with Crippen molar-refractivity contribution in [1.82, 2.24) is 14.9 Å². The molecule has 0 saturated heterocycles. The zero-order chi connectivity index (χ0) is 12.7. The van der Waals surface area contributed by atoms with Crippen molar-refractivity contribution < 1.29 is 4.79 Å². The SMILES string of the molecule is CCCc1nnsc1C(=O)NCC(C)CCBr. The summed E-state index contributed by atoms with van der Waals surface area (Å²) in [5.41, 5.74) is 0.822. The highest BCUT2D eigenvalue weighted by Gasteiger charge is 2.15. The summed E-state index contributed by atoms with van der Waals surface area (Å²) >= 11 is 4.58. The number of carbonyl (C=O) groups excluding carboxylic acids is 1. The number of nitrogens with zero attached hydrogens (tertiary/aromatic N) is 2. The van der Waals surface area contributed by atoms with Crippen LogP contribution in [-0.2, 0) is 6.42 Å². The Kier molecular flexibility index (Phi) is 6.65. The summed E-state index contributed by atoms with van der Waals surface area (Å²) < 4.78 is 3.85. The van der Waals surface area contributed by atoms with E-state index < -0.39 is 0 Å². The summed E-state index contributed by atoms with van der Waals surface area (Å²) in [7, 11) is 0. The van der Waals surface area contributed by atoms with Gasteiger partial charge in [0.05, 0.1) is 5.69 Å². The van der Waals surface area contributed by atoms with Gasteiger partial charge in [-0.25, -0.2) is 0 Å². The van der Waals surface area contributed by atoms with Crippen molar-refractivity contribution in [2.45, 2.75) is 33.1 Å². The van der Waals surface area contributed by atoms with Gasteiger partial charge in [0.1, 0.15) is 4.88 Å². The molecule has 1 aromatic heterocycles. The van der Waals surface area contributed by atoms with E-state index in [0.29, 0.717) is 17.3 Å². The largest absolute Gasteiger partial charge is 0.351 e. The van der Waals surface area contributed by atoms with Gasteiger partial charge < -0.3 is 5.32 Å². The number of hydrogen-bond donors (Lipinski definition) is 1. The van der Waals surface area contributed by atoms with Crippen LogP contribution in [0.4, 0.5) is 0 Å². The van der Waals surface area contributed by atoms with Crippen molar-refractivity contribution in [3.63, 3.8) is 0 Å². The number of rotatable bonds is 7. The molecule has 1 amide bonds. The first-order chi connectivity index (χ1) is 8.19. The molecule has 1 unspecified atom stereocenters. The van der Waals surface area contributed by atoms with E-state index in [1.54, 1.807) is 0 Å². The molecule has 4 nitrogen and oxygen atoms in total. The molecule has 1 atom stereocenters. The maximum Gasteiger partial charge on any atom is 0.264 e. The lowest BCUT2D eigenvalue weighted by atomic mass is 10.1. The number of halogens is 1. The van der Waals surface area contributed by atoms with Crippen molar-refractivity contribution in [2.24, 2.45) is 5.92 Å². The van der Waals surface area contributed by atoms with E-state index in [0.717, 1.165) is 30.3 Å². The number of hydrogen-bond acceptors (Lipinski definition) is 4. The number of nitrogens with one attached hydrogen (secondary N) is 1. The van der Waals surface area contributed by atoms with Crippen LogP contribution in [-0.4, -0.2) is 27.4 Å². The van der Waals surface area contributed by atoms with Gasteiger partial charge in [0.25, 0.3) is 5.91 Å². The molecular weight excluding hydrogens is 302 g/mol. The molecule has 0 radical (unpaired) electrons. The molecule has 0 fully saturated rings. The Hall–Kier alpha value is -0.490. The zero-order valence-electron chi connectivity index (χ0n) is 10.2. The summed E-state index contributed by atoms with van der Waals surface area (Å²) in [5, 5.41) is 7.90. The summed E-state index contributed by atoms with van der Waals surface area (Å²) in [5.74, 6) is 0.443. The average Bonchev–Trinajstić information content (AvgIpc) is 2.75. The molecule has 0 aliphatic heterocycles. The minimum absolute atomic E-state index is 0.0372. The highest BCUT2D eigenvalue weighted by atomic mass is 79.9. The van der Waals surface area contributed by atoms with Crippen molar-refractivity contribution in [3.8, 4) is 0 Å². The van der Waals surface area contributed by atoms with Crippen LogP contribution < -0.4 is 5.32 Å². The van der Waals surface area contributed by atoms with Crippen LogP contribution in [0.5, 0.6) is 0 Å². The minimum atomic E-state index is -0.0372. The molecule has 0 spiro atoms. The van der Waals surface area contributed by atoms with Gasteiger partial charge in [0.2, 0.25) is 0 Å². The maximum atomic E-state index is 11.9. The predicted octanol–water partition coefficient (Wildman–Crippen LogP) is 2.64. The summed E-state index contributed by atoms with van der Waals surface area (Å²) in [6.45, 7) is 4.90. The van der Waals surface area contributed by atoms with Crippen LogP contribution in [0.15, 0.2) is 0 Å². The van der Waals surface area contributed by atoms with Crippen molar-refractivity contribution >= 4 is 33.4 Å². The number of aromatic nitrogens is 2. The Balaban J connectivity index is 2.49. The van der Waals surface area contributed by atoms with Gasteiger partial charge in [-0.05, 0) is 30.3 Å². The first-order valence-electron chi connectivity index (χ1n) is 5.84. The van der Waals surface area contributed by atoms with Gasteiger partial charge in [0, 0.05) is 11.9 Å². The number of carbonyl (C=O) groups is 1. The van der Waals surface area contributed by atoms with E-state index in [2.05, 4.69) is 44.7 Å². The summed E-state index contributed by atoms with van der Waals surface area (Å²) in [6, 6.07) is 0. The second kappa shape index (κ2) is 7.76. The van der Waals surface area contributed by atoms with Crippen LogP contribution >= 0.6 is 27.5 Å². The molecule has 0 saturated carbocycles. The van der Waals surface area contributed by atoms with Crippen LogP contribution in [0.1, 0.15) is 42.1 Å².